The predicted molar refractivity (Wildman–Crippen MR) is 126 cm³/mol. The summed E-state index contributed by atoms with van der Waals surface area (Å²) in [6.45, 7) is 6.62. The maximum atomic E-state index is 12.6. The van der Waals surface area contributed by atoms with Gasteiger partial charge in [-0.25, -0.2) is 4.99 Å². The first-order valence-corrected chi connectivity index (χ1v) is 10.5. The SMILES string of the molecule is C=CCn1c(C)c(/C=C2\SC(=Nc3cc(Cl)ccc3OC)NC2=O)c2ccccc21. The highest BCUT2D eigenvalue weighted by molar-refractivity contribution is 8.18. The van der Waals surface area contributed by atoms with E-state index < -0.39 is 0 Å². The predicted octanol–water partition coefficient (Wildman–Crippen LogP) is 5.69. The van der Waals surface area contributed by atoms with Crippen LogP contribution in [0, 0.1) is 6.92 Å². The number of hydrogen-bond acceptors (Lipinski definition) is 4. The number of hydrogen-bond donors (Lipinski definition) is 1. The molecule has 5 nitrogen and oxygen atoms in total. The third-order valence-corrected chi connectivity index (χ3v) is 6.03. The number of para-hydroxylation sites is 1. The van der Waals surface area contributed by atoms with Crippen molar-refractivity contribution in [3.05, 3.63) is 76.3 Å². The average Bonchev–Trinajstić information content (AvgIpc) is 3.21. The topological polar surface area (TPSA) is 55.6 Å². The van der Waals surface area contributed by atoms with Crippen LogP contribution in [0.2, 0.25) is 5.02 Å². The largest absolute Gasteiger partial charge is 0.494 e. The molecule has 0 unspecified atom stereocenters. The maximum absolute atomic E-state index is 12.6. The van der Waals surface area contributed by atoms with E-state index >= 15 is 0 Å². The number of rotatable bonds is 5. The number of aromatic nitrogens is 1. The first-order valence-electron chi connectivity index (χ1n) is 9.33. The molecule has 1 fully saturated rings. The Morgan fingerprint density at radius 3 is 2.87 bits per heavy atom. The molecule has 2 aromatic carbocycles. The van der Waals surface area contributed by atoms with Gasteiger partial charge in [-0.3, -0.25) is 4.79 Å². The fraction of sp³-hybridized carbons (Fsp3) is 0.130. The van der Waals surface area contributed by atoms with Crippen LogP contribution < -0.4 is 10.1 Å². The van der Waals surface area contributed by atoms with E-state index in [2.05, 4.69) is 40.5 Å². The molecule has 0 radical (unpaired) electrons. The number of halogens is 1. The Hall–Kier alpha value is -2.96. The fourth-order valence-electron chi connectivity index (χ4n) is 3.48. The van der Waals surface area contributed by atoms with Crippen molar-refractivity contribution in [3.63, 3.8) is 0 Å². The van der Waals surface area contributed by atoms with E-state index in [0.717, 1.165) is 22.2 Å². The summed E-state index contributed by atoms with van der Waals surface area (Å²) in [6.07, 6.45) is 3.80. The van der Waals surface area contributed by atoms with Crippen molar-refractivity contribution >= 4 is 57.1 Å². The molecule has 0 spiro atoms. The molecule has 1 aromatic heterocycles. The van der Waals surface area contributed by atoms with Crippen LogP contribution in [0.15, 0.2) is 65.0 Å². The number of amides is 1. The molecule has 1 N–H and O–H groups in total. The zero-order chi connectivity index (χ0) is 21.3. The van der Waals surface area contributed by atoms with E-state index in [1.165, 1.54) is 11.8 Å². The fourth-order valence-corrected chi connectivity index (χ4v) is 4.46. The van der Waals surface area contributed by atoms with Gasteiger partial charge in [0.1, 0.15) is 11.4 Å². The van der Waals surface area contributed by atoms with Crippen molar-refractivity contribution in [3.8, 4) is 5.75 Å². The molecule has 2 heterocycles. The summed E-state index contributed by atoms with van der Waals surface area (Å²) in [5.41, 5.74) is 3.78. The Balaban J connectivity index is 1.73. The van der Waals surface area contributed by atoms with Crippen molar-refractivity contribution in [1.82, 2.24) is 9.88 Å². The number of nitrogens with zero attached hydrogens (tertiary/aromatic N) is 2. The van der Waals surface area contributed by atoms with Crippen molar-refractivity contribution in [2.45, 2.75) is 13.5 Å². The van der Waals surface area contributed by atoms with Crippen LogP contribution in [0.5, 0.6) is 5.75 Å². The summed E-state index contributed by atoms with van der Waals surface area (Å²) >= 11 is 7.38. The summed E-state index contributed by atoms with van der Waals surface area (Å²) in [4.78, 5) is 17.7. The van der Waals surface area contributed by atoms with Crippen LogP contribution in [-0.4, -0.2) is 22.8 Å². The number of fused-ring (bicyclic) bond motifs is 1. The van der Waals surface area contributed by atoms with E-state index in [0.29, 0.717) is 33.1 Å². The van der Waals surface area contributed by atoms with E-state index in [1.54, 1.807) is 25.3 Å². The van der Waals surface area contributed by atoms with Crippen molar-refractivity contribution in [2.24, 2.45) is 4.99 Å². The third kappa shape index (κ3) is 3.76. The first kappa shape index (κ1) is 20.3. The minimum absolute atomic E-state index is 0.181. The maximum Gasteiger partial charge on any atom is 0.264 e. The molecule has 7 heteroatoms. The van der Waals surface area contributed by atoms with Crippen LogP contribution in [-0.2, 0) is 11.3 Å². The van der Waals surface area contributed by atoms with Gasteiger partial charge in [-0.1, -0.05) is 35.9 Å². The zero-order valence-corrected chi connectivity index (χ0v) is 18.2. The summed E-state index contributed by atoms with van der Waals surface area (Å²) in [6, 6.07) is 13.3. The summed E-state index contributed by atoms with van der Waals surface area (Å²) in [5, 5.41) is 4.96. The molecule has 0 aliphatic carbocycles. The minimum Gasteiger partial charge on any atom is -0.494 e. The number of benzene rings is 2. The van der Waals surface area contributed by atoms with Gasteiger partial charge in [0.25, 0.3) is 5.91 Å². The van der Waals surface area contributed by atoms with Crippen LogP contribution in [0.1, 0.15) is 11.3 Å². The summed E-state index contributed by atoms with van der Waals surface area (Å²) in [5.74, 6) is 0.405. The van der Waals surface area contributed by atoms with Gasteiger partial charge in [-0.15, -0.1) is 6.58 Å². The molecular formula is C23H20ClN3O2S. The average molecular weight is 438 g/mol. The number of carbonyl (C=O) groups excluding carboxylic acids is 1. The van der Waals surface area contributed by atoms with Gasteiger partial charge in [0.05, 0.1) is 12.0 Å². The van der Waals surface area contributed by atoms with Gasteiger partial charge in [0.15, 0.2) is 5.17 Å². The van der Waals surface area contributed by atoms with E-state index in [9.17, 15) is 4.79 Å². The second-order valence-electron chi connectivity index (χ2n) is 6.71. The molecule has 3 aromatic rings. The Labute approximate surface area is 184 Å². The Kier molecular flexibility index (Phi) is 5.70. The molecule has 0 saturated carbocycles. The Morgan fingerprint density at radius 1 is 1.30 bits per heavy atom. The Morgan fingerprint density at radius 2 is 2.10 bits per heavy atom. The molecule has 152 valence electrons. The standard InChI is InChI=1S/C23H20ClN3O2S/c1-4-11-27-14(2)17(16-7-5-6-8-19(16)27)13-21-22(28)26-23(30-21)25-18-12-15(24)9-10-20(18)29-3/h4-10,12-13H,1,11H2,2-3H3,(H,25,26,28)/b21-13-. The number of aliphatic imine (C=N–C) groups is 1. The number of carbonyl (C=O) groups is 1. The van der Waals surface area contributed by atoms with Crippen LogP contribution in [0.25, 0.3) is 17.0 Å². The van der Waals surface area contributed by atoms with Gasteiger partial charge in [0.2, 0.25) is 0 Å². The van der Waals surface area contributed by atoms with Gasteiger partial charge in [0, 0.05) is 33.7 Å². The van der Waals surface area contributed by atoms with Gasteiger partial charge in [-0.05, 0) is 49.0 Å². The lowest BCUT2D eigenvalue weighted by atomic mass is 10.1. The number of methoxy groups -OCH3 is 1. The molecule has 0 bridgehead atoms. The number of thioether (sulfide) groups is 1. The van der Waals surface area contributed by atoms with Crippen molar-refractivity contribution < 1.29 is 9.53 Å². The molecule has 1 aliphatic rings. The third-order valence-electron chi connectivity index (χ3n) is 4.88. The lowest BCUT2D eigenvalue weighted by Crippen LogP contribution is -2.19. The highest BCUT2D eigenvalue weighted by atomic mass is 35.5. The quantitative estimate of drug-likeness (QED) is 0.412. The number of nitrogens with one attached hydrogen (secondary N) is 1. The van der Waals surface area contributed by atoms with Gasteiger partial charge >= 0.3 is 0 Å². The normalized spacial score (nSPS) is 16.4. The lowest BCUT2D eigenvalue weighted by Gasteiger charge is -2.05. The van der Waals surface area contributed by atoms with Crippen molar-refractivity contribution in [1.29, 1.82) is 0 Å². The molecule has 1 aliphatic heterocycles. The van der Waals surface area contributed by atoms with Crippen LogP contribution in [0.4, 0.5) is 5.69 Å². The van der Waals surface area contributed by atoms with Crippen LogP contribution in [0.3, 0.4) is 0 Å². The summed E-state index contributed by atoms with van der Waals surface area (Å²) < 4.78 is 7.53. The van der Waals surface area contributed by atoms with Crippen LogP contribution >= 0.6 is 23.4 Å². The van der Waals surface area contributed by atoms with E-state index in [1.807, 2.05) is 24.3 Å². The summed E-state index contributed by atoms with van der Waals surface area (Å²) in [7, 11) is 1.57. The van der Waals surface area contributed by atoms with Crippen molar-refractivity contribution in [2.75, 3.05) is 7.11 Å². The second kappa shape index (κ2) is 8.42. The number of ether oxygens (including phenoxy) is 1. The smallest absolute Gasteiger partial charge is 0.264 e. The monoisotopic (exact) mass is 437 g/mol. The molecule has 1 amide bonds. The van der Waals surface area contributed by atoms with E-state index in [-0.39, 0.29) is 5.91 Å². The first-order chi connectivity index (χ1) is 14.5. The molecule has 1 saturated heterocycles. The molecule has 0 atom stereocenters. The second-order valence-corrected chi connectivity index (χ2v) is 8.18. The highest BCUT2D eigenvalue weighted by Crippen LogP contribution is 2.35. The molecule has 4 rings (SSSR count). The Bertz CT molecular complexity index is 1230. The van der Waals surface area contributed by atoms with Gasteiger partial charge < -0.3 is 14.6 Å². The lowest BCUT2D eigenvalue weighted by molar-refractivity contribution is -0.115. The number of amidine groups is 1. The highest BCUT2D eigenvalue weighted by Gasteiger charge is 2.25. The minimum atomic E-state index is -0.181. The van der Waals surface area contributed by atoms with E-state index in [4.69, 9.17) is 16.3 Å². The van der Waals surface area contributed by atoms with Gasteiger partial charge in [-0.2, -0.15) is 0 Å². The number of allylic oxidation sites excluding steroid dienone is 1. The molecule has 30 heavy (non-hydrogen) atoms. The molecular weight excluding hydrogens is 418 g/mol. The zero-order valence-electron chi connectivity index (χ0n) is 16.6.